The van der Waals surface area contributed by atoms with Gasteiger partial charge >= 0.3 is 5.97 Å². The second-order valence-corrected chi connectivity index (χ2v) is 4.27. The number of hydrogen-bond donors (Lipinski definition) is 1. The first-order chi connectivity index (χ1) is 7.18. The summed E-state index contributed by atoms with van der Waals surface area (Å²) in [6.07, 6.45) is 2.01. The maximum Gasteiger partial charge on any atom is 0.319 e. The standard InChI is InChI=1S/C11H21NO3/c1-9(2)12-7-11(13)15-8-10-3-5-14-6-4-10/h9-10,12H,3-8H2,1-2H3. The average Bonchev–Trinajstić information content (AvgIpc) is 2.25. The van der Waals surface area contributed by atoms with E-state index >= 15 is 0 Å². The van der Waals surface area contributed by atoms with Crippen LogP contribution in [0.25, 0.3) is 0 Å². The zero-order valence-electron chi connectivity index (χ0n) is 9.62. The summed E-state index contributed by atoms with van der Waals surface area (Å²) in [6, 6.07) is 0.320. The van der Waals surface area contributed by atoms with Crippen LogP contribution in [-0.2, 0) is 14.3 Å². The molecule has 4 nitrogen and oxygen atoms in total. The maximum atomic E-state index is 11.3. The zero-order valence-corrected chi connectivity index (χ0v) is 9.62. The van der Waals surface area contributed by atoms with Crippen molar-refractivity contribution in [2.75, 3.05) is 26.4 Å². The summed E-state index contributed by atoms with van der Waals surface area (Å²) < 4.78 is 10.4. The molecule has 0 atom stereocenters. The molecule has 0 saturated carbocycles. The van der Waals surface area contributed by atoms with Crippen LogP contribution in [0.4, 0.5) is 0 Å². The minimum atomic E-state index is -0.157. The second kappa shape index (κ2) is 6.80. The summed E-state index contributed by atoms with van der Waals surface area (Å²) in [7, 11) is 0. The lowest BCUT2D eigenvalue weighted by molar-refractivity contribution is -0.145. The third-order valence-electron chi connectivity index (χ3n) is 2.48. The van der Waals surface area contributed by atoms with Gasteiger partial charge in [-0.25, -0.2) is 0 Å². The first kappa shape index (κ1) is 12.5. The van der Waals surface area contributed by atoms with Crippen LogP contribution in [0.5, 0.6) is 0 Å². The number of carbonyl (C=O) groups is 1. The van der Waals surface area contributed by atoms with E-state index in [0.717, 1.165) is 26.1 Å². The molecule has 0 aromatic rings. The maximum absolute atomic E-state index is 11.3. The number of nitrogens with one attached hydrogen (secondary N) is 1. The van der Waals surface area contributed by atoms with E-state index in [1.165, 1.54) is 0 Å². The van der Waals surface area contributed by atoms with E-state index in [0.29, 0.717) is 25.1 Å². The molecule has 88 valence electrons. The normalized spacial score (nSPS) is 18.1. The number of esters is 1. The summed E-state index contributed by atoms with van der Waals surface area (Å²) in [4.78, 5) is 11.3. The Morgan fingerprint density at radius 2 is 2.13 bits per heavy atom. The summed E-state index contributed by atoms with van der Waals surface area (Å²) >= 11 is 0. The lowest BCUT2D eigenvalue weighted by Gasteiger charge is -2.21. The summed E-state index contributed by atoms with van der Waals surface area (Å²) in [6.45, 7) is 6.46. The van der Waals surface area contributed by atoms with Crippen LogP contribution in [0.2, 0.25) is 0 Å². The number of rotatable bonds is 5. The van der Waals surface area contributed by atoms with Crippen LogP contribution in [0.15, 0.2) is 0 Å². The highest BCUT2D eigenvalue weighted by Crippen LogP contribution is 2.14. The van der Waals surface area contributed by atoms with Crippen LogP contribution in [0.3, 0.4) is 0 Å². The van der Waals surface area contributed by atoms with Crippen molar-refractivity contribution >= 4 is 5.97 Å². The molecular weight excluding hydrogens is 194 g/mol. The topological polar surface area (TPSA) is 47.6 Å². The van der Waals surface area contributed by atoms with Gasteiger partial charge in [0.15, 0.2) is 0 Å². The lowest BCUT2D eigenvalue weighted by atomic mass is 10.0. The predicted octanol–water partition coefficient (Wildman–Crippen LogP) is 0.954. The summed E-state index contributed by atoms with van der Waals surface area (Å²) in [5.74, 6) is 0.331. The Kier molecular flexibility index (Phi) is 5.65. The van der Waals surface area contributed by atoms with Gasteiger partial charge in [0.25, 0.3) is 0 Å². The van der Waals surface area contributed by atoms with Crippen LogP contribution in [0.1, 0.15) is 26.7 Å². The molecule has 1 aliphatic heterocycles. The molecule has 0 unspecified atom stereocenters. The Bertz CT molecular complexity index is 188. The van der Waals surface area contributed by atoms with Gasteiger partial charge in [-0.15, -0.1) is 0 Å². The van der Waals surface area contributed by atoms with Crippen LogP contribution in [0, 0.1) is 5.92 Å². The Hall–Kier alpha value is -0.610. The smallest absolute Gasteiger partial charge is 0.319 e. The molecule has 1 fully saturated rings. The molecule has 0 radical (unpaired) electrons. The zero-order chi connectivity index (χ0) is 11.1. The van der Waals surface area contributed by atoms with Crippen molar-refractivity contribution in [1.82, 2.24) is 5.32 Å². The Labute approximate surface area is 91.3 Å². The monoisotopic (exact) mass is 215 g/mol. The molecule has 1 rings (SSSR count). The summed E-state index contributed by atoms with van der Waals surface area (Å²) in [5, 5.41) is 3.03. The van der Waals surface area contributed by atoms with Crippen molar-refractivity contribution in [3.05, 3.63) is 0 Å². The number of ether oxygens (including phenoxy) is 2. The van der Waals surface area contributed by atoms with E-state index in [-0.39, 0.29) is 5.97 Å². The quantitative estimate of drug-likeness (QED) is 0.694. The number of hydrogen-bond acceptors (Lipinski definition) is 4. The molecule has 0 bridgehead atoms. The fourth-order valence-electron chi connectivity index (χ4n) is 1.46. The largest absolute Gasteiger partial charge is 0.464 e. The average molecular weight is 215 g/mol. The minimum absolute atomic E-state index is 0.157. The molecule has 0 aromatic carbocycles. The van der Waals surface area contributed by atoms with Crippen molar-refractivity contribution in [3.8, 4) is 0 Å². The van der Waals surface area contributed by atoms with Gasteiger partial charge < -0.3 is 14.8 Å². The van der Waals surface area contributed by atoms with Crippen molar-refractivity contribution < 1.29 is 14.3 Å². The third kappa shape index (κ3) is 5.74. The predicted molar refractivity (Wildman–Crippen MR) is 57.6 cm³/mol. The molecule has 15 heavy (non-hydrogen) atoms. The molecule has 1 aliphatic rings. The Balaban J connectivity index is 2.05. The van der Waals surface area contributed by atoms with Crippen LogP contribution < -0.4 is 5.32 Å². The van der Waals surface area contributed by atoms with Gasteiger partial charge in [-0.3, -0.25) is 4.79 Å². The molecule has 4 heteroatoms. The van der Waals surface area contributed by atoms with Gasteiger partial charge in [-0.05, 0) is 18.8 Å². The molecule has 0 spiro atoms. The number of carbonyl (C=O) groups excluding carboxylic acids is 1. The van der Waals surface area contributed by atoms with E-state index in [9.17, 15) is 4.79 Å². The molecule has 0 amide bonds. The van der Waals surface area contributed by atoms with Gasteiger partial charge in [0.1, 0.15) is 0 Å². The Morgan fingerprint density at radius 3 is 2.73 bits per heavy atom. The molecular formula is C11H21NO3. The molecule has 1 saturated heterocycles. The second-order valence-electron chi connectivity index (χ2n) is 4.27. The van der Waals surface area contributed by atoms with Crippen LogP contribution >= 0.6 is 0 Å². The van der Waals surface area contributed by atoms with E-state index in [4.69, 9.17) is 9.47 Å². The lowest BCUT2D eigenvalue weighted by Crippen LogP contribution is -2.31. The van der Waals surface area contributed by atoms with Crippen molar-refractivity contribution in [2.45, 2.75) is 32.7 Å². The fourth-order valence-corrected chi connectivity index (χ4v) is 1.46. The fraction of sp³-hybridized carbons (Fsp3) is 0.909. The minimum Gasteiger partial charge on any atom is -0.464 e. The van der Waals surface area contributed by atoms with Gasteiger partial charge in [0, 0.05) is 19.3 Å². The van der Waals surface area contributed by atoms with Crippen molar-refractivity contribution in [2.24, 2.45) is 5.92 Å². The van der Waals surface area contributed by atoms with E-state index in [1.807, 2.05) is 13.8 Å². The van der Waals surface area contributed by atoms with Gasteiger partial charge in [-0.2, -0.15) is 0 Å². The first-order valence-electron chi connectivity index (χ1n) is 5.65. The first-order valence-corrected chi connectivity index (χ1v) is 5.65. The Morgan fingerprint density at radius 1 is 1.47 bits per heavy atom. The van der Waals surface area contributed by atoms with Crippen molar-refractivity contribution in [3.63, 3.8) is 0 Å². The van der Waals surface area contributed by atoms with Gasteiger partial charge in [0.05, 0.1) is 13.2 Å². The SMILES string of the molecule is CC(C)NCC(=O)OCC1CCOCC1. The van der Waals surface area contributed by atoms with Gasteiger partial charge in [0.2, 0.25) is 0 Å². The molecule has 1 heterocycles. The highest BCUT2D eigenvalue weighted by molar-refractivity contribution is 5.71. The van der Waals surface area contributed by atoms with Crippen molar-refractivity contribution in [1.29, 1.82) is 0 Å². The van der Waals surface area contributed by atoms with Gasteiger partial charge in [-0.1, -0.05) is 13.8 Å². The van der Waals surface area contributed by atoms with E-state index in [1.54, 1.807) is 0 Å². The van der Waals surface area contributed by atoms with Crippen LogP contribution in [-0.4, -0.2) is 38.4 Å². The summed E-state index contributed by atoms with van der Waals surface area (Å²) in [5.41, 5.74) is 0. The van der Waals surface area contributed by atoms with E-state index < -0.39 is 0 Å². The highest BCUT2D eigenvalue weighted by atomic mass is 16.5. The molecule has 0 aliphatic carbocycles. The third-order valence-corrected chi connectivity index (χ3v) is 2.48. The molecule has 0 aromatic heterocycles. The molecule has 1 N–H and O–H groups in total. The van der Waals surface area contributed by atoms with E-state index in [2.05, 4.69) is 5.32 Å². The highest BCUT2D eigenvalue weighted by Gasteiger charge is 2.15.